The zero-order chi connectivity index (χ0) is 26.8. The number of fused-ring (bicyclic) bond motifs is 1. The highest BCUT2D eigenvalue weighted by molar-refractivity contribution is 6.22. The Labute approximate surface area is 221 Å². The molecule has 2 aliphatic rings. The van der Waals surface area contributed by atoms with E-state index >= 15 is 0 Å². The number of hydrogen-bond acceptors (Lipinski definition) is 5. The zero-order valence-electron chi connectivity index (χ0n) is 21.5. The summed E-state index contributed by atoms with van der Waals surface area (Å²) < 4.78 is 5.16. The Balaban J connectivity index is 1.19. The van der Waals surface area contributed by atoms with Crippen molar-refractivity contribution in [2.75, 3.05) is 16.8 Å². The topological polar surface area (TPSA) is 92.8 Å². The minimum Gasteiger partial charge on any atom is -0.452 e. The maximum absolute atomic E-state index is 13.3. The summed E-state index contributed by atoms with van der Waals surface area (Å²) in [6.45, 7) is 3.51. The zero-order valence-corrected chi connectivity index (χ0v) is 21.5. The standard InChI is InChI=1S/C31H30N2O5/c1-19-8-12-24(16-20(19)2)32-28(34)18-38-31(37)22-9-13-25(14-10-22)33-29(35)26-15-11-23(17-27(26)30(33)36)21-6-4-3-5-7-21/h3-10,12-14,16,23,26-27H,11,15,17-18H2,1-2H3,(H,32,34)/t23-,26+,27+/m0/s1. The number of rotatable bonds is 6. The summed E-state index contributed by atoms with van der Waals surface area (Å²) in [5, 5.41) is 2.71. The number of nitrogens with zero attached hydrogens (tertiary/aromatic N) is 1. The monoisotopic (exact) mass is 510 g/mol. The molecule has 0 unspecified atom stereocenters. The van der Waals surface area contributed by atoms with E-state index in [1.807, 2.05) is 44.2 Å². The summed E-state index contributed by atoms with van der Waals surface area (Å²) in [5.74, 6) is -1.83. The molecular formula is C31H30N2O5. The molecule has 3 amide bonds. The van der Waals surface area contributed by atoms with Crippen molar-refractivity contribution in [2.24, 2.45) is 11.8 Å². The van der Waals surface area contributed by atoms with Gasteiger partial charge in [-0.25, -0.2) is 4.79 Å². The average molecular weight is 511 g/mol. The van der Waals surface area contributed by atoms with Crippen LogP contribution in [0.15, 0.2) is 72.8 Å². The van der Waals surface area contributed by atoms with Crippen molar-refractivity contribution in [1.29, 1.82) is 0 Å². The Bertz CT molecular complexity index is 1380. The third-order valence-corrected chi connectivity index (χ3v) is 7.68. The van der Waals surface area contributed by atoms with Crippen LogP contribution in [0.5, 0.6) is 0 Å². The lowest BCUT2D eigenvalue weighted by Crippen LogP contribution is -2.30. The summed E-state index contributed by atoms with van der Waals surface area (Å²) in [5.41, 5.74) is 4.67. The molecule has 3 atom stereocenters. The Hall–Kier alpha value is -4.26. The summed E-state index contributed by atoms with van der Waals surface area (Å²) in [6, 6.07) is 21.9. The minimum absolute atomic E-state index is 0.176. The molecule has 5 rings (SSSR count). The van der Waals surface area contributed by atoms with Gasteiger partial charge in [0.15, 0.2) is 6.61 Å². The molecule has 38 heavy (non-hydrogen) atoms. The number of nitrogens with one attached hydrogen (secondary N) is 1. The third-order valence-electron chi connectivity index (χ3n) is 7.68. The largest absolute Gasteiger partial charge is 0.452 e. The maximum atomic E-state index is 13.3. The number of imide groups is 1. The molecule has 0 spiro atoms. The number of benzene rings is 3. The van der Waals surface area contributed by atoms with E-state index in [0.29, 0.717) is 24.2 Å². The molecule has 0 aromatic heterocycles. The van der Waals surface area contributed by atoms with Crippen LogP contribution in [0.1, 0.15) is 52.2 Å². The number of carbonyl (C=O) groups is 4. The van der Waals surface area contributed by atoms with E-state index in [2.05, 4.69) is 17.4 Å². The predicted molar refractivity (Wildman–Crippen MR) is 144 cm³/mol. The van der Waals surface area contributed by atoms with Crippen molar-refractivity contribution in [1.82, 2.24) is 0 Å². The number of anilines is 2. The van der Waals surface area contributed by atoms with Crippen LogP contribution < -0.4 is 10.2 Å². The summed E-state index contributed by atoms with van der Waals surface area (Å²) in [7, 11) is 0. The van der Waals surface area contributed by atoms with Gasteiger partial charge in [-0.1, -0.05) is 36.4 Å². The van der Waals surface area contributed by atoms with E-state index in [1.165, 1.54) is 22.6 Å². The normalized spacial score (nSPS) is 20.7. The van der Waals surface area contributed by atoms with E-state index in [4.69, 9.17) is 4.74 Å². The molecule has 194 valence electrons. The van der Waals surface area contributed by atoms with Crippen LogP contribution in [-0.4, -0.2) is 30.3 Å². The number of aryl methyl sites for hydroxylation is 2. The van der Waals surface area contributed by atoms with E-state index in [9.17, 15) is 19.2 Å². The molecule has 7 heteroatoms. The van der Waals surface area contributed by atoms with Gasteiger partial charge >= 0.3 is 5.97 Å². The number of ether oxygens (including phenoxy) is 1. The minimum atomic E-state index is -0.662. The second-order valence-electron chi connectivity index (χ2n) is 10.1. The fraction of sp³-hybridized carbons (Fsp3) is 0.290. The summed E-state index contributed by atoms with van der Waals surface area (Å²) in [6.07, 6.45) is 2.21. The van der Waals surface area contributed by atoms with Gasteiger partial charge in [0.05, 0.1) is 23.1 Å². The highest BCUT2D eigenvalue weighted by atomic mass is 16.5. The Kier molecular flexibility index (Phi) is 7.09. The molecule has 1 aliphatic heterocycles. The second-order valence-corrected chi connectivity index (χ2v) is 10.1. The van der Waals surface area contributed by atoms with Crippen LogP contribution in [0, 0.1) is 25.7 Å². The number of carbonyl (C=O) groups excluding carboxylic acids is 4. The van der Waals surface area contributed by atoms with Crippen LogP contribution in [0.25, 0.3) is 0 Å². The third kappa shape index (κ3) is 5.09. The van der Waals surface area contributed by atoms with Crippen LogP contribution in [0.2, 0.25) is 0 Å². The fourth-order valence-electron chi connectivity index (χ4n) is 5.44. The average Bonchev–Trinajstić information content (AvgIpc) is 3.19. The molecule has 0 radical (unpaired) electrons. The Morgan fingerprint density at radius 2 is 1.58 bits per heavy atom. The van der Waals surface area contributed by atoms with Crippen molar-refractivity contribution >= 4 is 35.1 Å². The molecule has 7 nitrogen and oxygen atoms in total. The number of amides is 3. The molecule has 3 aromatic rings. The predicted octanol–water partition coefficient (Wildman–Crippen LogP) is 5.17. The number of esters is 1. The van der Waals surface area contributed by atoms with Gasteiger partial charge in [-0.15, -0.1) is 0 Å². The van der Waals surface area contributed by atoms with Crippen molar-refractivity contribution in [3.05, 3.63) is 95.1 Å². The quantitative estimate of drug-likeness (QED) is 0.365. The van der Waals surface area contributed by atoms with Crippen molar-refractivity contribution in [2.45, 2.75) is 39.0 Å². The van der Waals surface area contributed by atoms with Crippen LogP contribution in [0.4, 0.5) is 11.4 Å². The summed E-state index contributed by atoms with van der Waals surface area (Å²) in [4.78, 5) is 52.4. The molecule has 0 bridgehead atoms. The van der Waals surface area contributed by atoms with E-state index in [0.717, 1.165) is 17.5 Å². The molecule has 3 aromatic carbocycles. The molecule has 1 saturated heterocycles. The van der Waals surface area contributed by atoms with Gasteiger partial charge in [-0.05, 0) is 92.1 Å². The van der Waals surface area contributed by atoms with Crippen LogP contribution >= 0.6 is 0 Å². The van der Waals surface area contributed by atoms with Gasteiger partial charge in [0.2, 0.25) is 11.8 Å². The lowest BCUT2D eigenvalue weighted by Gasteiger charge is -2.28. The maximum Gasteiger partial charge on any atom is 0.338 e. The SMILES string of the molecule is Cc1ccc(NC(=O)COC(=O)c2ccc(N3C(=O)[C@@H]4CC[C@H](c5ccccc5)C[C@H]4C3=O)cc2)cc1C. The first kappa shape index (κ1) is 25.4. The molecule has 1 aliphatic carbocycles. The van der Waals surface area contributed by atoms with Crippen LogP contribution in [0.3, 0.4) is 0 Å². The first-order chi connectivity index (χ1) is 18.3. The van der Waals surface area contributed by atoms with Crippen molar-refractivity contribution < 1.29 is 23.9 Å². The van der Waals surface area contributed by atoms with Gasteiger partial charge < -0.3 is 10.1 Å². The first-order valence-electron chi connectivity index (χ1n) is 12.9. The molecule has 1 N–H and O–H groups in total. The van der Waals surface area contributed by atoms with Crippen LogP contribution in [-0.2, 0) is 19.1 Å². The smallest absolute Gasteiger partial charge is 0.338 e. The molecule has 1 heterocycles. The summed E-state index contributed by atoms with van der Waals surface area (Å²) >= 11 is 0. The fourth-order valence-corrected chi connectivity index (χ4v) is 5.44. The van der Waals surface area contributed by atoms with E-state index < -0.39 is 18.5 Å². The Morgan fingerprint density at radius 1 is 0.868 bits per heavy atom. The van der Waals surface area contributed by atoms with E-state index in [1.54, 1.807) is 18.2 Å². The van der Waals surface area contributed by atoms with Crippen molar-refractivity contribution in [3.63, 3.8) is 0 Å². The second kappa shape index (κ2) is 10.6. The van der Waals surface area contributed by atoms with Gasteiger partial charge in [0.25, 0.3) is 5.91 Å². The lowest BCUT2D eigenvalue weighted by atomic mass is 9.73. The lowest BCUT2D eigenvalue weighted by molar-refractivity contribution is -0.122. The van der Waals surface area contributed by atoms with Crippen molar-refractivity contribution in [3.8, 4) is 0 Å². The van der Waals surface area contributed by atoms with Gasteiger partial charge in [0.1, 0.15) is 0 Å². The van der Waals surface area contributed by atoms with E-state index in [-0.39, 0.29) is 35.1 Å². The molecule has 1 saturated carbocycles. The molecule has 2 fully saturated rings. The van der Waals surface area contributed by atoms with Gasteiger partial charge in [-0.3, -0.25) is 19.3 Å². The Morgan fingerprint density at radius 3 is 2.29 bits per heavy atom. The highest BCUT2D eigenvalue weighted by Gasteiger charge is 2.50. The molecular weight excluding hydrogens is 480 g/mol. The number of hydrogen-bond donors (Lipinski definition) is 1. The van der Waals surface area contributed by atoms with Gasteiger partial charge in [-0.2, -0.15) is 0 Å². The van der Waals surface area contributed by atoms with Gasteiger partial charge in [0, 0.05) is 5.69 Å². The first-order valence-corrected chi connectivity index (χ1v) is 12.9. The highest BCUT2D eigenvalue weighted by Crippen LogP contribution is 2.45.